The number of carbonyl (C=O) groups excluding carboxylic acids is 1. The molecule has 0 spiro atoms. The molecule has 1 aromatic carbocycles. The first-order chi connectivity index (χ1) is 16.1. The number of aryl methyl sites for hydroxylation is 2. The van der Waals surface area contributed by atoms with Gasteiger partial charge in [-0.15, -0.1) is 22.7 Å². The van der Waals surface area contributed by atoms with Crippen molar-refractivity contribution in [2.45, 2.75) is 30.8 Å². The summed E-state index contributed by atoms with van der Waals surface area (Å²) in [4.78, 5) is 33.9. The molecule has 4 aromatic rings. The lowest BCUT2D eigenvalue weighted by Gasteiger charge is -2.13. The molecule has 0 atom stereocenters. The molecule has 0 radical (unpaired) electrons. The third-order valence-electron chi connectivity index (χ3n) is 5.28. The molecular formula is C23H19BrN4O2S3. The Hall–Kier alpha value is -2.27. The summed E-state index contributed by atoms with van der Waals surface area (Å²) in [6.07, 6.45) is 5.79. The third-order valence-corrected chi connectivity index (χ3v) is 8.96. The van der Waals surface area contributed by atoms with Gasteiger partial charge in [0.25, 0.3) is 11.5 Å². The highest BCUT2D eigenvalue weighted by atomic mass is 79.9. The fourth-order valence-electron chi connectivity index (χ4n) is 3.82. The van der Waals surface area contributed by atoms with Crippen LogP contribution in [-0.4, -0.2) is 27.4 Å². The van der Waals surface area contributed by atoms with E-state index in [2.05, 4.69) is 26.5 Å². The van der Waals surface area contributed by atoms with E-state index in [0.29, 0.717) is 5.16 Å². The Balaban J connectivity index is 1.43. The van der Waals surface area contributed by atoms with Crippen LogP contribution < -0.4 is 11.0 Å². The molecule has 0 saturated heterocycles. The standard InChI is InChI=1S/C23H19BrN4O2S3/c24-18-11-10-15(32-18)12-25-27-19(29)13-31-23-26-21-20(16-8-4-5-9-17(16)33-21)22(30)28(23)14-6-2-1-3-7-14/h1-3,6-7,10-12H,4-5,8-9,13H2,(H,27,29). The smallest absolute Gasteiger partial charge is 0.267 e. The average Bonchev–Trinajstić information content (AvgIpc) is 3.41. The highest BCUT2D eigenvalue weighted by Gasteiger charge is 2.23. The summed E-state index contributed by atoms with van der Waals surface area (Å²) in [5.41, 5.74) is 4.40. The van der Waals surface area contributed by atoms with E-state index < -0.39 is 0 Å². The number of halogens is 1. The Morgan fingerprint density at radius 2 is 2.00 bits per heavy atom. The number of fused-ring (bicyclic) bond motifs is 3. The van der Waals surface area contributed by atoms with Crippen LogP contribution in [0.4, 0.5) is 0 Å². The summed E-state index contributed by atoms with van der Waals surface area (Å²) in [6.45, 7) is 0. The molecule has 1 amide bonds. The molecule has 0 bridgehead atoms. The highest BCUT2D eigenvalue weighted by Crippen LogP contribution is 2.35. The second-order valence-corrected chi connectivity index (χ2v) is 12.0. The van der Waals surface area contributed by atoms with Crippen molar-refractivity contribution < 1.29 is 4.79 Å². The maximum absolute atomic E-state index is 13.6. The minimum Gasteiger partial charge on any atom is -0.272 e. The molecule has 10 heteroatoms. The van der Waals surface area contributed by atoms with Crippen molar-refractivity contribution in [3.8, 4) is 5.69 Å². The van der Waals surface area contributed by atoms with Crippen molar-refractivity contribution in [2.75, 3.05) is 5.75 Å². The van der Waals surface area contributed by atoms with Crippen molar-refractivity contribution in [1.29, 1.82) is 0 Å². The Kier molecular flexibility index (Phi) is 6.77. The quantitative estimate of drug-likeness (QED) is 0.149. The number of nitrogens with one attached hydrogen (secondary N) is 1. The van der Waals surface area contributed by atoms with Gasteiger partial charge in [0, 0.05) is 9.75 Å². The van der Waals surface area contributed by atoms with Crippen LogP contribution in [0.3, 0.4) is 0 Å². The molecule has 0 aliphatic heterocycles. The van der Waals surface area contributed by atoms with Crippen molar-refractivity contribution >= 4 is 72.7 Å². The number of thioether (sulfide) groups is 1. The molecule has 0 fully saturated rings. The Labute approximate surface area is 210 Å². The SMILES string of the molecule is O=C(CSc1nc2sc3c(c2c(=O)n1-c1ccccc1)CCCC3)NN=Cc1ccc(Br)s1. The normalized spacial score (nSPS) is 13.5. The maximum Gasteiger partial charge on any atom is 0.267 e. The van der Waals surface area contributed by atoms with Gasteiger partial charge in [0.05, 0.1) is 26.8 Å². The van der Waals surface area contributed by atoms with Gasteiger partial charge in [-0.3, -0.25) is 14.2 Å². The van der Waals surface area contributed by atoms with Gasteiger partial charge < -0.3 is 0 Å². The van der Waals surface area contributed by atoms with Gasteiger partial charge in [0.2, 0.25) is 0 Å². The first-order valence-corrected chi connectivity index (χ1v) is 13.8. The first kappa shape index (κ1) is 22.5. The maximum atomic E-state index is 13.6. The fraction of sp³-hybridized carbons (Fsp3) is 0.217. The zero-order valence-corrected chi connectivity index (χ0v) is 21.5. The number of nitrogens with zero attached hydrogens (tertiary/aromatic N) is 3. The Morgan fingerprint density at radius 3 is 2.79 bits per heavy atom. The summed E-state index contributed by atoms with van der Waals surface area (Å²) in [7, 11) is 0. The number of hydrazone groups is 1. The number of carbonyl (C=O) groups is 1. The second kappa shape index (κ2) is 9.92. The van der Waals surface area contributed by atoms with E-state index in [1.165, 1.54) is 28.0 Å². The molecule has 3 aromatic heterocycles. The molecule has 3 heterocycles. The van der Waals surface area contributed by atoms with Gasteiger partial charge in [-0.05, 0) is 71.4 Å². The summed E-state index contributed by atoms with van der Waals surface area (Å²) in [5, 5.41) is 5.27. The van der Waals surface area contributed by atoms with E-state index in [9.17, 15) is 9.59 Å². The molecule has 1 aliphatic carbocycles. The third kappa shape index (κ3) is 4.84. The van der Waals surface area contributed by atoms with E-state index in [1.807, 2.05) is 42.5 Å². The molecule has 33 heavy (non-hydrogen) atoms. The fourth-order valence-corrected chi connectivity index (χ4v) is 7.22. The van der Waals surface area contributed by atoms with Crippen molar-refractivity contribution in [3.05, 3.63) is 71.9 Å². The largest absolute Gasteiger partial charge is 0.272 e. The van der Waals surface area contributed by atoms with E-state index in [4.69, 9.17) is 4.98 Å². The number of rotatable bonds is 6. The first-order valence-electron chi connectivity index (χ1n) is 10.4. The number of hydrogen-bond donors (Lipinski definition) is 1. The summed E-state index contributed by atoms with van der Waals surface area (Å²) in [6, 6.07) is 13.3. The zero-order chi connectivity index (χ0) is 22.8. The van der Waals surface area contributed by atoms with Crippen LogP contribution >= 0.6 is 50.4 Å². The Bertz CT molecular complexity index is 1410. The highest BCUT2D eigenvalue weighted by molar-refractivity contribution is 9.11. The number of hydrogen-bond acceptors (Lipinski definition) is 7. The van der Waals surface area contributed by atoms with Crippen LogP contribution in [0.15, 0.2) is 61.3 Å². The van der Waals surface area contributed by atoms with Gasteiger partial charge in [-0.1, -0.05) is 30.0 Å². The molecule has 1 aliphatic rings. The van der Waals surface area contributed by atoms with Crippen molar-refractivity contribution in [2.24, 2.45) is 5.10 Å². The van der Waals surface area contributed by atoms with Gasteiger partial charge in [-0.2, -0.15) is 5.10 Å². The summed E-state index contributed by atoms with van der Waals surface area (Å²) < 4.78 is 2.63. The predicted molar refractivity (Wildman–Crippen MR) is 140 cm³/mol. The van der Waals surface area contributed by atoms with Crippen LogP contribution in [0.5, 0.6) is 0 Å². The number of para-hydroxylation sites is 1. The van der Waals surface area contributed by atoms with Gasteiger partial charge in [-0.25, -0.2) is 10.4 Å². The Morgan fingerprint density at radius 1 is 1.18 bits per heavy atom. The van der Waals surface area contributed by atoms with Crippen LogP contribution in [-0.2, 0) is 17.6 Å². The predicted octanol–water partition coefficient (Wildman–Crippen LogP) is 5.39. The molecule has 0 saturated carbocycles. The lowest BCUT2D eigenvalue weighted by Crippen LogP contribution is -2.24. The van der Waals surface area contributed by atoms with Crippen LogP contribution in [0, 0.1) is 0 Å². The molecule has 168 valence electrons. The van der Waals surface area contributed by atoms with E-state index >= 15 is 0 Å². The van der Waals surface area contributed by atoms with Gasteiger partial charge in [0.1, 0.15) is 4.83 Å². The van der Waals surface area contributed by atoms with Crippen LogP contribution in [0.25, 0.3) is 15.9 Å². The second-order valence-electron chi connectivity index (χ2n) is 7.49. The van der Waals surface area contributed by atoms with Crippen LogP contribution in [0.1, 0.15) is 28.2 Å². The van der Waals surface area contributed by atoms with Crippen LogP contribution in [0.2, 0.25) is 0 Å². The molecule has 5 rings (SSSR count). The van der Waals surface area contributed by atoms with Crippen molar-refractivity contribution in [3.63, 3.8) is 0 Å². The summed E-state index contributed by atoms with van der Waals surface area (Å²) in [5.74, 6) is -0.159. The molecule has 6 nitrogen and oxygen atoms in total. The molecular weight excluding hydrogens is 540 g/mol. The summed E-state index contributed by atoms with van der Waals surface area (Å²) >= 11 is 7.79. The van der Waals surface area contributed by atoms with E-state index in [1.54, 1.807) is 22.1 Å². The number of benzene rings is 1. The molecule has 1 N–H and O–H groups in total. The molecule has 0 unspecified atom stereocenters. The average molecular weight is 560 g/mol. The van der Waals surface area contributed by atoms with Crippen molar-refractivity contribution in [1.82, 2.24) is 15.0 Å². The number of thiophene rings is 2. The van der Waals surface area contributed by atoms with E-state index in [0.717, 1.165) is 55.8 Å². The monoisotopic (exact) mass is 558 g/mol. The topological polar surface area (TPSA) is 76.3 Å². The van der Waals surface area contributed by atoms with Gasteiger partial charge >= 0.3 is 0 Å². The minimum atomic E-state index is -0.258. The van der Waals surface area contributed by atoms with E-state index in [-0.39, 0.29) is 17.2 Å². The lowest BCUT2D eigenvalue weighted by molar-refractivity contribution is -0.118. The van der Waals surface area contributed by atoms with Gasteiger partial charge in [0.15, 0.2) is 5.16 Å². The zero-order valence-electron chi connectivity index (χ0n) is 17.4. The minimum absolute atomic E-state index is 0.0604. The number of amides is 1. The lowest BCUT2D eigenvalue weighted by atomic mass is 9.97. The number of aromatic nitrogens is 2.